The van der Waals surface area contributed by atoms with Crippen LogP contribution in [0.25, 0.3) is 0 Å². The molecule has 1 aromatic carbocycles. The summed E-state index contributed by atoms with van der Waals surface area (Å²) in [7, 11) is 3.70. The third-order valence-corrected chi connectivity index (χ3v) is 4.11. The van der Waals surface area contributed by atoms with E-state index in [9.17, 15) is 4.39 Å². The van der Waals surface area contributed by atoms with Gasteiger partial charge in [-0.15, -0.1) is 0 Å². The van der Waals surface area contributed by atoms with Gasteiger partial charge in [0.2, 0.25) is 0 Å². The maximum Gasteiger partial charge on any atom is 0.131 e. The fraction of sp³-hybridized carbons (Fsp3) is 0.400. The van der Waals surface area contributed by atoms with Crippen LogP contribution in [0.2, 0.25) is 0 Å². The number of nitrogens with zero attached hydrogens (tertiary/aromatic N) is 2. The summed E-state index contributed by atoms with van der Waals surface area (Å²) in [5.41, 5.74) is 2.78. The van der Waals surface area contributed by atoms with Gasteiger partial charge in [-0.1, -0.05) is 6.92 Å². The molecule has 1 aromatic heterocycles. The zero-order valence-corrected chi connectivity index (χ0v) is 14.0. The van der Waals surface area contributed by atoms with Crippen LogP contribution < -0.4 is 10.1 Å². The van der Waals surface area contributed by atoms with E-state index in [1.165, 1.54) is 12.1 Å². The normalized spacial score (nSPS) is 10.9. The van der Waals surface area contributed by atoms with E-state index in [0.29, 0.717) is 18.9 Å². The van der Waals surface area contributed by atoms with Crippen LogP contribution in [-0.2, 0) is 26.6 Å². The van der Waals surface area contributed by atoms with Crippen molar-refractivity contribution in [3.05, 3.63) is 45.4 Å². The zero-order chi connectivity index (χ0) is 15.4. The fourth-order valence-corrected chi connectivity index (χ4v) is 2.87. The van der Waals surface area contributed by atoms with Crippen LogP contribution in [0.4, 0.5) is 4.39 Å². The molecule has 0 radical (unpaired) electrons. The van der Waals surface area contributed by atoms with Gasteiger partial charge in [0.25, 0.3) is 0 Å². The zero-order valence-electron chi connectivity index (χ0n) is 12.4. The van der Waals surface area contributed by atoms with Crippen LogP contribution in [0.15, 0.2) is 22.7 Å². The van der Waals surface area contributed by atoms with Gasteiger partial charge in [-0.05, 0) is 47.1 Å². The van der Waals surface area contributed by atoms with E-state index in [1.807, 2.05) is 27.1 Å². The molecule has 0 amide bonds. The molecule has 114 valence electrons. The molecule has 0 unspecified atom stereocenters. The van der Waals surface area contributed by atoms with E-state index in [0.717, 1.165) is 27.8 Å². The molecule has 4 nitrogen and oxygen atoms in total. The summed E-state index contributed by atoms with van der Waals surface area (Å²) >= 11 is 3.54. The van der Waals surface area contributed by atoms with Gasteiger partial charge in [-0.3, -0.25) is 4.68 Å². The highest BCUT2D eigenvalue weighted by molar-refractivity contribution is 9.10. The average Bonchev–Trinajstić information content (AvgIpc) is 2.71. The molecule has 0 spiro atoms. The van der Waals surface area contributed by atoms with Crippen LogP contribution in [-0.4, -0.2) is 16.8 Å². The van der Waals surface area contributed by atoms with Crippen LogP contribution in [0, 0.1) is 5.82 Å². The highest BCUT2D eigenvalue weighted by Gasteiger charge is 2.13. The van der Waals surface area contributed by atoms with Gasteiger partial charge in [-0.25, -0.2) is 4.39 Å². The molecule has 6 heteroatoms. The Morgan fingerprint density at radius 3 is 2.76 bits per heavy atom. The maximum atomic E-state index is 13.6. The SMILES string of the molecule is CCc1nn(C)c(COc2cc(F)cc(CNC)c2)c1Br. The summed E-state index contributed by atoms with van der Waals surface area (Å²) in [6, 6.07) is 4.73. The molecule has 0 aliphatic rings. The number of benzene rings is 1. The number of aromatic nitrogens is 2. The minimum atomic E-state index is -0.295. The van der Waals surface area contributed by atoms with Crippen molar-refractivity contribution in [2.75, 3.05) is 7.05 Å². The van der Waals surface area contributed by atoms with Gasteiger partial charge in [0.1, 0.15) is 18.2 Å². The lowest BCUT2D eigenvalue weighted by Gasteiger charge is -2.09. The first-order valence-corrected chi connectivity index (χ1v) is 7.61. The highest BCUT2D eigenvalue weighted by atomic mass is 79.9. The smallest absolute Gasteiger partial charge is 0.131 e. The Labute approximate surface area is 132 Å². The second-order valence-corrected chi connectivity index (χ2v) is 5.59. The lowest BCUT2D eigenvalue weighted by Crippen LogP contribution is -2.07. The van der Waals surface area contributed by atoms with Crippen LogP contribution in [0.1, 0.15) is 23.9 Å². The van der Waals surface area contributed by atoms with Gasteiger partial charge in [0.05, 0.1) is 15.9 Å². The second kappa shape index (κ2) is 7.04. The summed E-state index contributed by atoms with van der Waals surface area (Å²) in [5, 5.41) is 7.41. The monoisotopic (exact) mass is 355 g/mol. The van der Waals surface area contributed by atoms with E-state index in [2.05, 4.69) is 26.3 Å². The van der Waals surface area contributed by atoms with Crippen molar-refractivity contribution >= 4 is 15.9 Å². The predicted molar refractivity (Wildman–Crippen MR) is 83.8 cm³/mol. The topological polar surface area (TPSA) is 39.1 Å². The maximum absolute atomic E-state index is 13.6. The Bertz CT molecular complexity index is 628. The van der Waals surface area contributed by atoms with Crippen molar-refractivity contribution in [2.24, 2.45) is 7.05 Å². The molecule has 0 aliphatic heterocycles. The fourth-order valence-electron chi connectivity index (χ4n) is 2.14. The number of rotatable bonds is 6. The molecular formula is C15H19BrFN3O. The van der Waals surface area contributed by atoms with Gasteiger partial charge in [0, 0.05) is 19.7 Å². The summed E-state index contributed by atoms with van der Waals surface area (Å²) in [4.78, 5) is 0. The Morgan fingerprint density at radius 2 is 2.14 bits per heavy atom. The lowest BCUT2D eigenvalue weighted by molar-refractivity contribution is 0.292. The van der Waals surface area contributed by atoms with E-state index in [4.69, 9.17) is 4.74 Å². The van der Waals surface area contributed by atoms with Crippen molar-refractivity contribution < 1.29 is 9.13 Å². The minimum Gasteiger partial charge on any atom is -0.487 e. The van der Waals surface area contributed by atoms with Crippen molar-refractivity contribution in [1.82, 2.24) is 15.1 Å². The van der Waals surface area contributed by atoms with Gasteiger partial charge >= 0.3 is 0 Å². The molecule has 2 aromatic rings. The summed E-state index contributed by atoms with van der Waals surface area (Å²) in [6.45, 7) is 2.99. The Morgan fingerprint density at radius 1 is 1.38 bits per heavy atom. The first-order chi connectivity index (χ1) is 10.0. The largest absolute Gasteiger partial charge is 0.487 e. The molecule has 21 heavy (non-hydrogen) atoms. The molecule has 0 aliphatic carbocycles. The third-order valence-electron chi connectivity index (χ3n) is 3.19. The van der Waals surface area contributed by atoms with Crippen molar-refractivity contribution in [1.29, 1.82) is 0 Å². The standard InChI is InChI=1S/C15H19BrFN3O/c1-4-13-15(16)14(20(3)19-13)9-21-12-6-10(8-18-2)5-11(17)7-12/h5-7,18H,4,8-9H2,1-3H3. The molecule has 0 atom stereocenters. The first-order valence-electron chi connectivity index (χ1n) is 6.82. The van der Waals surface area contributed by atoms with Crippen LogP contribution in [0.5, 0.6) is 5.75 Å². The third kappa shape index (κ3) is 3.83. The van der Waals surface area contributed by atoms with Gasteiger partial charge in [-0.2, -0.15) is 5.10 Å². The van der Waals surface area contributed by atoms with Gasteiger partial charge in [0.15, 0.2) is 0 Å². The number of nitrogens with one attached hydrogen (secondary N) is 1. The number of hydrogen-bond donors (Lipinski definition) is 1. The first kappa shape index (κ1) is 16.0. The molecule has 0 fully saturated rings. The molecule has 2 rings (SSSR count). The Kier molecular flexibility index (Phi) is 5.36. The predicted octanol–water partition coefficient (Wildman–Crippen LogP) is 3.18. The second-order valence-electron chi connectivity index (χ2n) is 4.80. The Balaban J connectivity index is 2.14. The average molecular weight is 356 g/mol. The van der Waals surface area contributed by atoms with Crippen molar-refractivity contribution in [3.8, 4) is 5.75 Å². The van der Waals surface area contributed by atoms with Crippen molar-refractivity contribution in [3.63, 3.8) is 0 Å². The van der Waals surface area contributed by atoms with E-state index >= 15 is 0 Å². The molecule has 1 N–H and O–H groups in total. The summed E-state index contributed by atoms with van der Waals surface area (Å²) in [6.07, 6.45) is 0.848. The van der Waals surface area contributed by atoms with Crippen LogP contribution in [0.3, 0.4) is 0 Å². The van der Waals surface area contributed by atoms with E-state index in [1.54, 1.807) is 4.68 Å². The number of halogens is 2. The molecule has 0 saturated carbocycles. The summed E-state index contributed by atoms with van der Waals surface area (Å²) < 4.78 is 22.0. The summed E-state index contributed by atoms with van der Waals surface area (Å²) in [5.74, 6) is 0.225. The van der Waals surface area contributed by atoms with E-state index in [-0.39, 0.29) is 5.82 Å². The molecule has 0 bridgehead atoms. The molecule has 0 saturated heterocycles. The van der Waals surface area contributed by atoms with E-state index < -0.39 is 0 Å². The lowest BCUT2D eigenvalue weighted by atomic mass is 10.2. The highest BCUT2D eigenvalue weighted by Crippen LogP contribution is 2.24. The minimum absolute atomic E-state index is 0.295. The molecule has 1 heterocycles. The number of aryl methyl sites for hydroxylation is 2. The van der Waals surface area contributed by atoms with Gasteiger partial charge < -0.3 is 10.1 Å². The molecular weight excluding hydrogens is 337 g/mol. The number of hydrogen-bond acceptors (Lipinski definition) is 3. The Hall–Kier alpha value is -1.40. The number of ether oxygens (including phenoxy) is 1. The van der Waals surface area contributed by atoms with Crippen LogP contribution >= 0.6 is 15.9 Å². The quantitative estimate of drug-likeness (QED) is 0.864. The van der Waals surface area contributed by atoms with Crippen molar-refractivity contribution in [2.45, 2.75) is 26.5 Å².